The van der Waals surface area contributed by atoms with Crippen LogP contribution in [0.15, 0.2) is 0 Å². The molecule has 2 fully saturated rings. The van der Waals surface area contributed by atoms with Gasteiger partial charge in [0.1, 0.15) is 6.04 Å². The van der Waals surface area contributed by atoms with E-state index in [-0.39, 0.29) is 35.7 Å². The third-order valence-corrected chi connectivity index (χ3v) is 4.04. The van der Waals surface area contributed by atoms with Crippen molar-refractivity contribution >= 4 is 11.8 Å². The molecule has 2 amide bonds. The number of nitriles is 1. The molecular weight excluding hydrogens is 256 g/mol. The van der Waals surface area contributed by atoms with E-state index in [0.29, 0.717) is 13.0 Å². The molecule has 1 saturated carbocycles. The zero-order chi connectivity index (χ0) is 14.9. The molecule has 0 aromatic heterocycles. The molecule has 1 saturated heterocycles. The van der Waals surface area contributed by atoms with Crippen LogP contribution in [0.1, 0.15) is 33.1 Å². The maximum Gasteiger partial charge on any atom is 0.240 e. The predicted molar refractivity (Wildman–Crippen MR) is 73.2 cm³/mol. The number of carbonyl (C=O) groups is 2. The highest BCUT2D eigenvalue weighted by Crippen LogP contribution is 2.41. The van der Waals surface area contributed by atoms with E-state index < -0.39 is 6.04 Å². The quantitative estimate of drug-likeness (QED) is 0.755. The van der Waals surface area contributed by atoms with Gasteiger partial charge in [0.05, 0.1) is 12.1 Å². The number of likely N-dealkylation sites (tertiary alicyclic amines) is 1. The van der Waals surface area contributed by atoms with E-state index in [1.807, 2.05) is 13.8 Å². The molecule has 0 aromatic rings. The Labute approximate surface area is 119 Å². The maximum atomic E-state index is 12.3. The van der Waals surface area contributed by atoms with Crippen LogP contribution < -0.4 is 11.1 Å². The Morgan fingerprint density at radius 1 is 1.45 bits per heavy atom. The molecule has 1 aliphatic carbocycles. The third-order valence-electron chi connectivity index (χ3n) is 4.04. The number of nitrogens with one attached hydrogen (secondary N) is 1. The van der Waals surface area contributed by atoms with Crippen LogP contribution in [-0.2, 0) is 9.59 Å². The smallest absolute Gasteiger partial charge is 0.240 e. The summed E-state index contributed by atoms with van der Waals surface area (Å²) < 4.78 is 0. The summed E-state index contributed by atoms with van der Waals surface area (Å²) in [6, 6.07) is 1.22. The Hall–Kier alpha value is -1.61. The lowest BCUT2D eigenvalue weighted by molar-refractivity contribution is -0.133. The summed E-state index contributed by atoms with van der Waals surface area (Å²) in [7, 11) is 0. The average molecular weight is 278 g/mol. The van der Waals surface area contributed by atoms with Gasteiger partial charge in [0, 0.05) is 18.5 Å². The number of nitrogens with zero attached hydrogens (tertiary/aromatic N) is 2. The second-order valence-electron chi connectivity index (χ2n) is 6.01. The van der Waals surface area contributed by atoms with Crippen LogP contribution in [0.2, 0.25) is 0 Å². The zero-order valence-corrected chi connectivity index (χ0v) is 12.0. The molecule has 110 valence electrons. The van der Waals surface area contributed by atoms with Gasteiger partial charge in [0.2, 0.25) is 11.8 Å². The van der Waals surface area contributed by atoms with E-state index in [1.165, 1.54) is 0 Å². The number of amides is 2. The Balaban J connectivity index is 1.90. The minimum Gasteiger partial charge on any atom is -0.354 e. The molecule has 2 aliphatic rings. The van der Waals surface area contributed by atoms with Gasteiger partial charge in [0.25, 0.3) is 0 Å². The van der Waals surface area contributed by atoms with Gasteiger partial charge in [-0.3, -0.25) is 9.59 Å². The van der Waals surface area contributed by atoms with E-state index in [9.17, 15) is 9.59 Å². The van der Waals surface area contributed by atoms with Gasteiger partial charge in [0.15, 0.2) is 0 Å². The van der Waals surface area contributed by atoms with Crippen molar-refractivity contribution < 1.29 is 9.59 Å². The summed E-state index contributed by atoms with van der Waals surface area (Å²) in [5.74, 6) is -0.439. The molecular formula is C14H22N4O2. The summed E-state index contributed by atoms with van der Waals surface area (Å²) in [6.45, 7) is 4.41. The van der Waals surface area contributed by atoms with Gasteiger partial charge < -0.3 is 16.0 Å². The molecule has 1 heterocycles. The van der Waals surface area contributed by atoms with Crippen LogP contribution in [0.25, 0.3) is 0 Å². The van der Waals surface area contributed by atoms with Gasteiger partial charge in [-0.2, -0.15) is 5.26 Å². The normalized spacial score (nSPS) is 29.9. The predicted octanol–water partition coefficient (Wildman–Crippen LogP) is -0.0110. The van der Waals surface area contributed by atoms with E-state index in [0.717, 1.165) is 12.8 Å². The molecule has 3 N–H and O–H groups in total. The van der Waals surface area contributed by atoms with E-state index >= 15 is 0 Å². The fraction of sp³-hybridized carbons (Fsp3) is 0.786. The van der Waals surface area contributed by atoms with Crippen molar-refractivity contribution in [2.24, 2.45) is 17.6 Å². The Morgan fingerprint density at radius 2 is 2.15 bits per heavy atom. The lowest BCUT2D eigenvalue weighted by Gasteiger charge is -2.23. The van der Waals surface area contributed by atoms with Gasteiger partial charge >= 0.3 is 0 Å². The zero-order valence-electron chi connectivity index (χ0n) is 12.0. The van der Waals surface area contributed by atoms with E-state index in [4.69, 9.17) is 11.0 Å². The number of rotatable bonds is 4. The molecule has 20 heavy (non-hydrogen) atoms. The molecule has 6 heteroatoms. The number of nitrogens with two attached hydrogens (primary N) is 1. The van der Waals surface area contributed by atoms with Crippen molar-refractivity contribution in [3.05, 3.63) is 0 Å². The first kappa shape index (κ1) is 14.8. The van der Waals surface area contributed by atoms with Gasteiger partial charge in [-0.1, -0.05) is 0 Å². The molecule has 0 unspecified atom stereocenters. The summed E-state index contributed by atoms with van der Waals surface area (Å²) in [5.41, 5.74) is 6.00. The summed E-state index contributed by atoms with van der Waals surface area (Å²) in [6.07, 6.45) is 2.23. The van der Waals surface area contributed by atoms with Crippen LogP contribution in [0.4, 0.5) is 0 Å². The van der Waals surface area contributed by atoms with Crippen molar-refractivity contribution in [1.29, 1.82) is 5.26 Å². The molecule has 1 aliphatic heterocycles. The Morgan fingerprint density at radius 3 is 2.75 bits per heavy atom. The van der Waals surface area contributed by atoms with Crippen molar-refractivity contribution in [2.75, 3.05) is 6.54 Å². The highest BCUT2D eigenvalue weighted by Gasteiger charge is 2.50. The Kier molecular flexibility index (Phi) is 4.29. The SMILES string of the molecule is CC(C)NC(=O)[C@H]1C[C@@H]1[C@H](N)C(=O)N1CCC[C@H]1C#N. The lowest BCUT2D eigenvalue weighted by Crippen LogP contribution is -2.47. The standard InChI is InChI=1S/C14H22N4O2/c1-8(2)17-13(19)11-6-10(11)12(16)14(20)18-5-3-4-9(18)7-15/h8-12H,3-6,16H2,1-2H3,(H,17,19)/t9-,10-,11-,12-/m0/s1. The molecule has 2 rings (SSSR count). The van der Waals surface area contributed by atoms with E-state index in [2.05, 4.69) is 11.4 Å². The summed E-state index contributed by atoms with van der Waals surface area (Å²) >= 11 is 0. The van der Waals surface area contributed by atoms with Crippen molar-refractivity contribution in [1.82, 2.24) is 10.2 Å². The summed E-state index contributed by atoms with van der Waals surface area (Å²) in [5, 5.41) is 11.9. The largest absolute Gasteiger partial charge is 0.354 e. The Bertz CT molecular complexity index is 443. The molecule has 0 aromatic carbocycles. The van der Waals surface area contributed by atoms with Gasteiger partial charge in [-0.05, 0) is 39.0 Å². The first-order valence-corrected chi connectivity index (χ1v) is 7.21. The van der Waals surface area contributed by atoms with Gasteiger partial charge in [-0.25, -0.2) is 0 Å². The van der Waals surface area contributed by atoms with Crippen LogP contribution in [-0.4, -0.2) is 41.4 Å². The van der Waals surface area contributed by atoms with Crippen LogP contribution in [0.3, 0.4) is 0 Å². The minimum absolute atomic E-state index is 0.0218. The van der Waals surface area contributed by atoms with Crippen LogP contribution in [0, 0.1) is 23.2 Å². The van der Waals surface area contributed by atoms with Crippen LogP contribution >= 0.6 is 0 Å². The summed E-state index contributed by atoms with van der Waals surface area (Å²) in [4.78, 5) is 25.7. The number of carbonyl (C=O) groups excluding carboxylic acids is 2. The van der Waals surface area contributed by atoms with E-state index in [1.54, 1.807) is 4.90 Å². The number of hydrogen-bond donors (Lipinski definition) is 2. The molecule has 0 spiro atoms. The highest BCUT2D eigenvalue weighted by molar-refractivity contribution is 5.87. The average Bonchev–Trinajstić information content (AvgIpc) is 3.06. The molecule has 6 nitrogen and oxygen atoms in total. The minimum atomic E-state index is -0.660. The topological polar surface area (TPSA) is 99.2 Å². The second-order valence-corrected chi connectivity index (χ2v) is 6.01. The first-order chi connectivity index (χ1) is 9.45. The monoisotopic (exact) mass is 278 g/mol. The first-order valence-electron chi connectivity index (χ1n) is 7.21. The molecule has 0 bridgehead atoms. The van der Waals surface area contributed by atoms with Gasteiger partial charge in [-0.15, -0.1) is 0 Å². The highest BCUT2D eigenvalue weighted by atomic mass is 16.2. The molecule has 4 atom stereocenters. The fourth-order valence-corrected chi connectivity index (χ4v) is 2.84. The number of hydrogen-bond acceptors (Lipinski definition) is 4. The third kappa shape index (κ3) is 2.93. The van der Waals surface area contributed by atoms with Crippen molar-refractivity contribution in [3.63, 3.8) is 0 Å². The second kappa shape index (κ2) is 5.80. The molecule has 0 radical (unpaired) electrons. The van der Waals surface area contributed by atoms with Crippen LogP contribution in [0.5, 0.6) is 0 Å². The van der Waals surface area contributed by atoms with Crippen molar-refractivity contribution in [3.8, 4) is 6.07 Å². The van der Waals surface area contributed by atoms with Crippen molar-refractivity contribution in [2.45, 2.75) is 51.2 Å². The lowest BCUT2D eigenvalue weighted by atomic mass is 10.1. The maximum absolute atomic E-state index is 12.3. The fourth-order valence-electron chi connectivity index (χ4n) is 2.84.